The Morgan fingerprint density at radius 3 is 2.68 bits per heavy atom. The van der Waals surface area contributed by atoms with Crippen LogP contribution in [0.3, 0.4) is 0 Å². The zero-order chi connectivity index (χ0) is 15.9. The minimum absolute atomic E-state index is 0.0765. The van der Waals surface area contributed by atoms with Gasteiger partial charge in [-0.1, -0.05) is 30.3 Å². The summed E-state index contributed by atoms with van der Waals surface area (Å²) in [5, 5.41) is 3.72. The van der Waals surface area contributed by atoms with E-state index in [0.29, 0.717) is 6.61 Å². The summed E-state index contributed by atoms with van der Waals surface area (Å²) in [7, 11) is 3.94. The summed E-state index contributed by atoms with van der Waals surface area (Å²) in [6.45, 7) is 1.18. The van der Waals surface area contributed by atoms with Crippen molar-refractivity contribution in [2.45, 2.75) is 6.42 Å². The molecule has 1 N–H and O–H groups in total. The Labute approximate surface area is 130 Å². The fraction of sp³-hybridized carbons (Fsp3) is 0.375. The lowest BCUT2D eigenvalue weighted by Crippen LogP contribution is -2.49. The number of carbonyl (C=O) groups excluding carboxylic acids is 2. The number of benzene rings is 1. The van der Waals surface area contributed by atoms with E-state index in [9.17, 15) is 9.59 Å². The van der Waals surface area contributed by atoms with Crippen LogP contribution in [0.15, 0.2) is 36.0 Å². The van der Waals surface area contributed by atoms with Gasteiger partial charge < -0.3 is 10.2 Å². The molecule has 1 aliphatic rings. The minimum Gasteiger partial charge on any atom is -0.320 e. The number of hydrogen-bond donors (Lipinski definition) is 1. The first-order chi connectivity index (χ1) is 10.6. The van der Waals surface area contributed by atoms with Crippen LogP contribution in [0.4, 0.5) is 0 Å². The highest BCUT2D eigenvalue weighted by Crippen LogP contribution is 2.11. The van der Waals surface area contributed by atoms with Crippen LogP contribution < -0.4 is 5.32 Å². The standard InChI is InChI=1S/C16H21N3O3/c1-18(2)9-6-10-22-19-12-15(20)17-14(16(19)21)11-13-7-4-3-5-8-13/h3-5,7-8,11H,6,9-10,12H2,1-2H3,(H,17,20). The van der Waals surface area contributed by atoms with Crippen LogP contribution in [0.5, 0.6) is 0 Å². The van der Waals surface area contributed by atoms with Gasteiger partial charge in [-0.05, 0) is 38.7 Å². The zero-order valence-electron chi connectivity index (χ0n) is 12.9. The topological polar surface area (TPSA) is 61.9 Å². The highest BCUT2D eigenvalue weighted by Gasteiger charge is 2.28. The molecule has 1 aromatic rings. The van der Waals surface area contributed by atoms with Gasteiger partial charge in [0.2, 0.25) is 5.91 Å². The smallest absolute Gasteiger partial charge is 0.294 e. The van der Waals surface area contributed by atoms with E-state index in [1.807, 2.05) is 49.3 Å². The van der Waals surface area contributed by atoms with Gasteiger partial charge in [0.05, 0.1) is 6.61 Å². The number of piperazine rings is 1. The van der Waals surface area contributed by atoms with Gasteiger partial charge in [-0.25, -0.2) is 5.06 Å². The second-order valence-corrected chi connectivity index (χ2v) is 5.35. The predicted molar refractivity (Wildman–Crippen MR) is 83.4 cm³/mol. The predicted octanol–water partition coefficient (Wildman–Crippen LogP) is 0.869. The molecule has 0 aliphatic carbocycles. The van der Waals surface area contributed by atoms with E-state index in [4.69, 9.17) is 4.84 Å². The summed E-state index contributed by atoms with van der Waals surface area (Å²) >= 11 is 0. The van der Waals surface area contributed by atoms with E-state index in [-0.39, 0.29) is 24.1 Å². The van der Waals surface area contributed by atoms with Crippen molar-refractivity contribution in [3.63, 3.8) is 0 Å². The van der Waals surface area contributed by atoms with Crippen LogP contribution in [-0.2, 0) is 14.4 Å². The number of nitrogens with zero attached hydrogens (tertiary/aromatic N) is 2. The van der Waals surface area contributed by atoms with Crippen molar-refractivity contribution in [1.82, 2.24) is 15.3 Å². The number of hydrogen-bond acceptors (Lipinski definition) is 4. The molecule has 1 saturated heterocycles. The van der Waals surface area contributed by atoms with Gasteiger partial charge in [0.25, 0.3) is 5.91 Å². The minimum atomic E-state index is -0.326. The summed E-state index contributed by atoms with van der Waals surface area (Å²) in [5.41, 5.74) is 1.08. The molecule has 1 aliphatic heterocycles. The molecule has 6 nitrogen and oxygen atoms in total. The average Bonchev–Trinajstić information content (AvgIpc) is 2.49. The van der Waals surface area contributed by atoms with Gasteiger partial charge >= 0.3 is 0 Å². The molecular weight excluding hydrogens is 282 g/mol. The largest absolute Gasteiger partial charge is 0.320 e. The molecule has 0 aromatic heterocycles. The molecule has 0 bridgehead atoms. The van der Waals surface area contributed by atoms with E-state index in [1.54, 1.807) is 6.08 Å². The molecule has 118 valence electrons. The molecular formula is C16H21N3O3. The van der Waals surface area contributed by atoms with Crippen molar-refractivity contribution in [1.29, 1.82) is 0 Å². The third-order valence-corrected chi connectivity index (χ3v) is 3.13. The van der Waals surface area contributed by atoms with Gasteiger partial charge in [0.1, 0.15) is 12.2 Å². The molecule has 0 unspecified atom stereocenters. The van der Waals surface area contributed by atoms with Crippen LogP contribution in [-0.4, -0.2) is 55.6 Å². The van der Waals surface area contributed by atoms with E-state index >= 15 is 0 Å². The molecule has 1 heterocycles. The Kier molecular flexibility index (Phi) is 5.68. The normalized spacial score (nSPS) is 17.2. The van der Waals surface area contributed by atoms with Crippen molar-refractivity contribution < 1.29 is 14.4 Å². The number of carbonyl (C=O) groups is 2. The van der Waals surface area contributed by atoms with Gasteiger partial charge in [0.15, 0.2) is 0 Å². The van der Waals surface area contributed by atoms with Crippen molar-refractivity contribution >= 4 is 17.9 Å². The lowest BCUT2D eigenvalue weighted by Gasteiger charge is -2.27. The Balaban J connectivity index is 1.99. The highest BCUT2D eigenvalue weighted by atomic mass is 16.7. The molecule has 2 amide bonds. The molecule has 22 heavy (non-hydrogen) atoms. The molecule has 1 fully saturated rings. The van der Waals surface area contributed by atoms with Crippen molar-refractivity contribution in [2.24, 2.45) is 0 Å². The van der Waals surface area contributed by atoms with E-state index in [2.05, 4.69) is 5.32 Å². The van der Waals surface area contributed by atoms with Gasteiger partial charge in [-0.15, -0.1) is 0 Å². The fourth-order valence-electron chi connectivity index (χ4n) is 2.05. The molecule has 0 saturated carbocycles. The van der Waals surface area contributed by atoms with E-state index < -0.39 is 0 Å². The quantitative estimate of drug-likeness (QED) is 0.626. The summed E-state index contributed by atoms with van der Waals surface area (Å²) in [6.07, 6.45) is 2.44. The first-order valence-corrected chi connectivity index (χ1v) is 7.22. The average molecular weight is 303 g/mol. The zero-order valence-corrected chi connectivity index (χ0v) is 12.9. The van der Waals surface area contributed by atoms with Crippen LogP contribution >= 0.6 is 0 Å². The maximum atomic E-state index is 12.3. The Morgan fingerprint density at radius 1 is 1.27 bits per heavy atom. The van der Waals surface area contributed by atoms with Crippen LogP contribution in [0.2, 0.25) is 0 Å². The van der Waals surface area contributed by atoms with Gasteiger partial charge in [-0.2, -0.15) is 0 Å². The highest BCUT2D eigenvalue weighted by molar-refractivity contribution is 6.05. The van der Waals surface area contributed by atoms with E-state index in [1.165, 1.54) is 0 Å². The fourth-order valence-corrected chi connectivity index (χ4v) is 2.05. The maximum absolute atomic E-state index is 12.3. The maximum Gasteiger partial charge on any atom is 0.294 e. The van der Waals surface area contributed by atoms with Crippen molar-refractivity contribution in [3.8, 4) is 0 Å². The van der Waals surface area contributed by atoms with Gasteiger partial charge in [0, 0.05) is 0 Å². The molecule has 0 spiro atoms. The second kappa shape index (κ2) is 7.72. The van der Waals surface area contributed by atoms with Crippen molar-refractivity contribution in [3.05, 3.63) is 41.6 Å². The number of nitrogens with one attached hydrogen (secondary N) is 1. The van der Waals surface area contributed by atoms with Crippen LogP contribution in [0.1, 0.15) is 12.0 Å². The third-order valence-electron chi connectivity index (χ3n) is 3.13. The van der Waals surface area contributed by atoms with Crippen molar-refractivity contribution in [2.75, 3.05) is 33.8 Å². The first-order valence-electron chi connectivity index (χ1n) is 7.22. The molecule has 2 rings (SSSR count). The summed E-state index contributed by atoms with van der Waals surface area (Å²) in [6, 6.07) is 9.37. The summed E-state index contributed by atoms with van der Waals surface area (Å²) < 4.78 is 0. The molecule has 1 aromatic carbocycles. The lowest BCUT2D eigenvalue weighted by molar-refractivity contribution is -0.188. The van der Waals surface area contributed by atoms with Crippen LogP contribution in [0, 0.1) is 0 Å². The SMILES string of the molecule is CN(C)CCCON1CC(=O)NC(=Cc2ccccc2)C1=O. The second-order valence-electron chi connectivity index (χ2n) is 5.35. The summed E-state index contributed by atoms with van der Waals surface area (Å²) in [5.74, 6) is -0.581. The third kappa shape index (κ3) is 4.68. The van der Waals surface area contributed by atoms with Gasteiger partial charge in [-0.3, -0.25) is 14.4 Å². The number of rotatable bonds is 6. The molecule has 6 heteroatoms. The summed E-state index contributed by atoms with van der Waals surface area (Å²) in [4.78, 5) is 31.5. The first kappa shape index (κ1) is 16.2. The number of amides is 2. The Bertz CT molecular complexity index is 555. The van der Waals surface area contributed by atoms with Crippen LogP contribution in [0.25, 0.3) is 6.08 Å². The Hall–Kier alpha value is -2.18. The Morgan fingerprint density at radius 2 is 2.00 bits per heavy atom. The lowest BCUT2D eigenvalue weighted by atomic mass is 10.1. The number of hydroxylamine groups is 2. The molecule has 0 radical (unpaired) electrons. The monoisotopic (exact) mass is 303 g/mol. The molecule has 0 atom stereocenters. The van der Waals surface area contributed by atoms with E-state index in [0.717, 1.165) is 23.6 Å².